The summed E-state index contributed by atoms with van der Waals surface area (Å²) in [6.45, 7) is 3.78. The molecule has 0 bridgehead atoms. The number of benzene rings is 1. The molecule has 1 rings (SSSR count). The molecule has 0 N–H and O–H groups in total. The minimum Gasteiger partial charge on any atom is -0.496 e. The Hall–Kier alpha value is -1.69. The van der Waals surface area contributed by atoms with E-state index in [1.807, 2.05) is 26.0 Å². The summed E-state index contributed by atoms with van der Waals surface area (Å²) in [7, 11) is 3.23. The molecule has 1 aromatic rings. The molecule has 0 heterocycles. The fourth-order valence-electron chi connectivity index (χ4n) is 1.43. The maximum absolute atomic E-state index is 8.85. The molecule has 0 radical (unpaired) electrons. The smallest absolute Gasteiger partial charge is 0.125 e. The number of hydrogen-bond acceptors (Lipinski definition) is 3. The largest absolute Gasteiger partial charge is 0.496 e. The number of methoxy groups -OCH3 is 2. The van der Waals surface area contributed by atoms with Gasteiger partial charge in [-0.2, -0.15) is 5.26 Å². The van der Waals surface area contributed by atoms with Crippen molar-refractivity contribution >= 4 is 0 Å². The molecule has 1 unspecified atom stereocenters. The minimum absolute atomic E-state index is 0.159. The zero-order chi connectivity index (χ0) is 11.4. The van der Waals surface area contributed by atoms with Crippen molar-refractivity contribution in [3.8, 4) is 17.6 Å². The fraction of sp³-hybridized carbons (Fsp3) is 0.417. The molecule has 1 atom stereocenters. The lowest BCUT2D eigenvalue weighted by Gasteiger charge is -2.13. The summed E-state index contributed by atoms with van der Waals surface area (Å²) < 4.78 is 10.5. The van der Waals surface area contributed by atoms with Crippen LogP contribution in [-0.4, -0.2) is 14.2 Å². The number of ether oxygens (including phenoxy) is 2. The molecular formula is C12H15NO2. The Morgan fingerprint density at radius 1 is 1.20 bits per heavy atom. The second-order valence-corrected chi connectivity index (χ2v) is 3.40. The molecule has 0 saturated heterocycles. The van der Waals surface area contributed by atoms with Crippen molar-refractivity contribution in [1.29, 1.82) is 5.26 Å². The first-order valence-electron chi connectivity index (χ1n) is 4.76. The van der Waals surface area contributed by atoms with E-state index in [-0.39, 0.29) is 5.92 Å². The van der Waals surface area contributed by atoms with Crippen LogP contribution in [0.2, 0.25) is 0 Å². The van der Waals surface area contributed by atoms with Crippen molar-refractivity contribution < 1.29 is 9.47 Å². The maximum Gasteiger partial charge on any atom is 0.125 e. The van der Waals surface area contributed by atoms with Crippen LogP contribution in [0, 0.1) is 18.3 Å². The molecule has 0 spiro atoms. The molecule has 0 amide bonds. The molecule has 80 valence electrons. The van der Waals surface area contributed by atoms with Gasteiger partial charge in [-0.05, 0) is 31.5 Å². The van der Waals surface area contributed by atoms with Gasteiger partial charge in [0.1, 0.15) is 11.5 Å². The van der Waals surface area contributed by atoms with E-state index in [2.05, 4.69) is 6.07 Å². The standard InChI is InChI=1S/C12H15NO2/c1-8(7-13)10-5-11(14-3)9(2)12(6-10)15-4/h5-6,8H,1-4H3. The molecule has 15 heavy (non-hydrogen) atoms. The molecule has 0 aliphatic heterocycles. The Bertz CT molecular complexity index is 368. The van der Waals surface area contributed by atoms with Gasteiger partial charge in [-0.3, -0.25) is 0 Å². The van der Waals surface area contributed by atoms with Crippen LogP contribution in [0.3, 0.4) is 0 Å². The van der Waals surface area contributed by atoms with Crippen LogP contribution in [0.25, 0.3) is 0 Å². The van der Waals surface area contributed by atoms with Crippen LogP contribution in [0.4, 0.5) is 0 Å². The highest BCUT2D eigenvalue weighted by Crippen LogP contribution is 2.32. The van der Waals surface area contributed by atoms with Gasteiger partial charge in [0.25, 0.3) is 0 Å². The van der Waals surface area contributed by atoms with E-state index < -0.39 is 0 Å². The molecule has 3 heteroatoms. The summed E-state index contributed by atoms with van der Waals surface area (Å²) in [5, 5.41) is 8.85. The summed E-state index contributed by atoms with van der Waals surface area (Å²) in [4.78, 5) is 0. The van der Waals surface area contributed by atoms with E-state index in [0.717, 1.165) is 22.6 Å². The van der Waals surface area contributed by atoms with Crippen molar-refractivity contribution in [3.63, 3.8) is 0 Å². The molecule has 3 nitrogen and oxygen atoms in total. The lowest BCUT2D eigenvalue weighted by atomic mass is 10.00. The fourth-order valence-corrected chi connectivity index (χ4v) is 1.43. The van der Waals surface area contributed by atoms with Crippen molar-refractivity contribution in [1.82, 2.24) is 0 Å². The van der Waals surface area contributed by atoms with Crippen molar-refractivity contribution in [3.05, 3.63) is 23.3 Å². The molecule has 1 aromatic carbocycles. The SMILES string of the molecule is COc1cc(C(C)C#N)cc(OC)c1C. The first kappa shape index (κ1) is 11.4. The number of rotatable bonds is 3. The van der Waals surface area contributed by atoms with Crippen LogP contribution in [0.5, 0.6) is 11.5 Å². The van der Waals surface area contributed by atoms with Gasteiger partial charge >= 0.3 is 0 Å². The normalized spacial score (nSPS) is 11.7. The van der Waals surface area contributed by atoms with Gasteiger partial charge in [0.05, 0.1) is 26.2 Å². The monoisotopic (exact) mass is 205 g/mol. The molecule has 0 fully saturated rings. The van der Waals surface area contributed by atoms with E-state index in [1.54, 1.807) is 14.2 Å². The van der Waals surface area contributed by atoms with Gasteiger partial charge in [0, 0.05) is 5.56 Å². The highest BCUT2D eigenvalue weighted by Gasteiger charge is 2.12. The third-order valence-electron chi connectivity index (χ3n) is 2.47. The summed E-state index contributed by atoms with van der Waals surface area (Å²) in [6.07, 6.45) is 0. The van der Waals surface area contributed by atoms with Crippen LogP contribution in [0.1, 0.15) is 24.0 Å². The Morgan fingerprint density at radius 3 is 2.00 bits per heavy atom. The van der Waals surface area contributed by atoms with Gasteiger partial charge in [0.15, 0.2) is 0 Å². The Labute approximate surface area is 90.2 Å². The van der Waals surface area contributed by atoms with Crippen LogP contribution < -0.4 is 9.47 Å². The van der Waals surface area contributed by atoms with Crippen molar-refractivity contribution in [2.45, 2.75) is 19.8 Å². The van der Waals surface area contributed by atoms with Crippen molar-refractivity contribution in [2.24, 2.45) is 0 Å². The zero-order valence-electron chi connectivity index (χ0n) is 9.50. The van der Waals surface area contributed by atoms with Crippen LogP contribution in [-0.2, 0) is 0 Å². The Balaban J connectivity index is 3.28. The molecular weight excluding hydrogens is 190 g/mol. The maximum atomic E-state index is 8.85. The van der Waals surface area contributed by atoms with Gasteiger partial charge in [-0.1, -0.05) is 0 Å². The Kier molecular flexibility index (Phi) is 3.56. The average molecular weight is 205 g/mol. The second kappa shape index (κ2) is 4.70. The van der Waals surface area contributed by atoms with E-state index in [9.17, 15) is 0 Å². The van der Waals surface area contributed by atoms with Crippen LogP contribution in [0.15, 0.2) is 12.1 Å². The van der Waals surface area contributed by atoms with E-state index in [4.69, 9.17) is 14.7 Å². The summed E-state index contributed by atoms with van der Waals surface area (Å²) >= 11 is 0. The topological polar surface area (TPSA) is 42.2 Å². The lowest BCUT2D eigenvalue weighted by molar-refractivity contribution is 0.387. The number of nitriles is 1. The predicted molar refractivity (Wildman–Crippen MR) is 58.3 cm³/mol. The molecule has 0 aliphatic carbocycles. The van der Waals surface area contributed by atoms with E-state index >= 15 is 0 Å². The molecule has 0 saturated carbocycles. The summed E-state index contributed by atoms with van der Waals surface area (Å²) in [6, 6.07) is 5.95. The highest BCUT2D eigenvalue weighted by atomic mass is 16.5. The minimum atomic E-state index is -0.159. The van der Waals surface area contributed by atoms with Gasteiger partial charge < -0.3 is 9.47 Å². The molecule has 0 aliphatic rings. The zero-order valence-corrected chi connectivity index (χ0v) is 9.50. The van der Waals surface area contributed by atoms with Crippen LogP contribution >= 0.6 is 0 Å². The number of hydrogen-bond donors (Lipinski definition) is 0. The first-order chi connectivity index (χ1) is 7.13. The van der Waals surface area contributed by atoms with E-state index in [1.165, 1.54) is 0 Å². The summed E-state index contributed by atoms with van der Waals surface area (Å²) in [5.74, 6) is 1.35. The highest BCUT2D eigenvalue weighted by molar-refractivity contribution is 5.48. The third-order valence-corrected chi connectivity index (χ3v) is 2.47. The van der Waals surface area contributed by atoms with Gasteiger partial charge in [0.2, 0.25) is 0 Å². The van der Waals surface area contributed by atoms with Gasteiger partial charge in [-0.15, -0.1) is 0 Å². The van der Waals surface area contributed by atoms with Crippen molar-refractivity contribution in [2.75, 3.05) is 14.2 Å². The average Bonchev–Trinajstić information content (AvgIpc) is 2.28. The molecule has 0 aromatic heterocycles. The summed E-state index contributed by atoms with van der Waals surface area (Å²) in [5.41, 5.74) is 1.87. The quantitative estimate of drug-likeness (QED) is 0.761. The van der Waals surface area contributed by atoms with E-state index in [0.29, 0.717) is 0 Å². The van der Waals surface area contributed by atoms with Gasteiger partial charge in [-0.25, -0.2) is 0 Å². The Morgan fingerprint density at radius 2 is 1.67 bits per heavy atom. The first-order valence-corrected chi connectivity index (χ1v) is 4.76. The second-order valence-electron chi connectivity index (χ2n) is 3.40. The third kappa shape index (κ3) is 2.21. The lowest BCUT2D eigenvalue weighted by Crippen LogP contribution is -1.97. The number of nitrogens with zero attached hydrogens (tertiary/aromatic N) is 1. The predicted octanol–water partition coefficient (Wildman–Crippen LogP) is 2.64.